The number of aliphatic hydroxyl groups excluding tert-OH is 1. The third-order valence-electron chi connectivity index (χ3n) is 9.39. The third kappa shape index (κ3) is 11.3. The molecular formula is C45H55NO8. The van der Waals surface area contributed by atoms with Crippen molar-refractivity contribution in [2.24, 2.45) is 0 Å². The van der Waals surface area contributed by atoms with Gasteiger partial charge < -0.3 is 34.1 Å². The second-order valence-electron chi connectivity index (χ2n) is 14.1. The molecule has 0 amide bonds. The molecule has 288 valence electrons. The van der Waals surface area contributed by atoms with E-state index in [1.54, 1.807) is 36.4 Å². The van der Waals surface area contributed by atoms with Crippen LogP contribution in [0.15, 0.2) is 91.0 Å². The number of hydrogen-bond donors (Lipinski definition) is 2. The van der Waals surface area contributed by atoms with Gasteiger partial charge in [0, 0.05) is 12.6 Å². The van der Waals surface area contributed by atoms with Gasteiger partial charge in [-0.2, -0.15) is 0 Å². The lowest BCUT2D eigenvalue weighted by atomic mass is 10.1. The minimum absolute atomic E-state index is 0.0295. The zero-order valence-electron chi connectivity index (χ0n) is 32.1. The smallest absolute Gasteiger partial charge is 0.454 e. The average molecular weight is 738 g/mol. The molecule has 1 aliphatic heterocycles. The summed E-state index contributed by atoms with van der Waals surface area (Å²) >= 11 is 0. The van der Waals surface area contributed by atoms with E-state index in [0.29, 0.717) is 13.0 Å². The number of fused-ring (bicyclic) bond motifs is 1. The highest BCUT2D eigenvalue weighted by Gasteiger charge is 2.60. The van der Waals surface area contributed by atoms with Crippen LogP contribution in [0.2, 0.25) is 0 Å². The monoisotopic (exact) mass is 737 g/mol. The maximum absolute atomic E-state index is 13.9. The maximum atomic E-state index is 13.9. The first-order chi connectivity index (χ1) is 26.2. The molecule has 0 saturated carbocycles. The lowest BCUT2D eigenvalue weighted by molar-refractivity contribution is -0.190. The molecule has 0 bridgehead atoms. The number of esters is 2. The molecular weight excluding hydrogens is 682 g/mol. The van der Waals surface area contributed by atoms with Gasteiger partial charge in [0.2, 0.25) is 0 Å². The molecule has 9 nitrogen and oxygen atoms in total. The van der Waals surface area contributed by atoms with E-state index in [4.69, 9.17) is 23.7 Å². The number of benzene rings is 4. The zero-order valence-corrected chi connectivity index (χ0v) is 32.1. The molecule has 2 unspecified atom stereocenters. The molecule has 2 atom stereocenters. The molecule has 4 aromatic rings. The molecule has 1 aliphatic rings. The summed E-state index contributed by atoms with van der Waals surface area (Å²) in [5.74, 6) is -2.96. The first-order valence-corrected chi connectivity index (χ1v) is 19.5. The predicted octanol–water partition coefficient (Wildman–Crippen LogP) is 8.35. The van der Waals surface area contributed by atoms with Gasteiger partial charge in [-0.3, -0.25) is 0 Å². The highest BCUT2D eigenvalue weighted by molar-refractivity contribution is 6.05. The van der Waals surface area contributed by atoms with E-state index in [-0.39, 0.29) is 35.6 Å². The van der Waals surface area contributed by atoms with Crippen LogP contribution in [0, 0.1) is 0 Å². The Morgan fingerprint density at radius 1 is 0.648 bits per heavy atom. The van der Waals surface area contributed by atoms with E-state index in [9.17, 15) is 14.7 Å². The summed E-state index contributed by atoms with van der Waals surface area (Å²) in [6.07, 6.45) is 9.30. The van der Waals surface area contributed by atoms with Gasteiger partial charge >= 0.3 is 17.7 Å². The Labute approximate surface area is 319 Å². The Kier molecular flexibility index (Phi) is 14.9. The second kappa shape index (κ2) is 20.0. The molecule has 54 heavy (non-hydrogen) atoms. The number of carbonyl (C=O) groups excluding carboxylic acids is 2. The summed E-state index contributed by atoms with van der Waals surface area (Å²) in [5.41, 5.74) is 4.39. The average Bonchev–Trinajstić information content (AvgIpc) is 3.59. The van der Waals surface area contributed by atoms with Gasteiger partial charge in [-0.25, -0.2) is 9.59 Å². The Morgan fingerprint density at radius 2 is 1.09 bits per heavy atom. The van der Waals surface area contributed by atoms with E-state index in [1.165, 1.54) is 5.56 Å². The number of rotatable bonds is 21. The molecule has 0 radical (unpaired) electrons. The van der Waals surface area contributed by atoms with Gasteiger partial charge in [-0.15, -0.1) is 0 Å². The summed E-state index contributed by atoms with van der Waals surface area (Å²) < 4.78 is 29.3. The van der Waals surface area contributed by atoms with Crippen molar-refractivity contribution in [3.63, 3.8) is 0 Å². The Morgan fingerprint density at radius 3 is 1.57 bits per heavy atom. The molecule has 4 aromatic carbocycles. The van der Waals surface area contributed by atoms with Crippen molar-refractivity contribution >= 4 is 11.9 Å². The molecule has 1 heterocycles. The van der Waals surface area contributed by atoms with E-state index in [0.717, 1.165) is 80.2 Å². The molecule has 0 aromatic heterocycles. The number of aliphatic hydroxyl groups is 1. The van der Waals surface area contributed by atoms with Crippen molar-refractivity contribution in [1.82, 2.24) is 5.32 Å². The van der Waals surface area contributed by atoms with Crippen molar-refractivity contribution in [2.75, 3.05) is 13.2 Å². The van der Waals surface area contributed by atoms with Crippen molar-refractivity contribution < 1.29 is 38.4 Å². The quantitative estimate of drug-likeness (QED) is 0.0495. The normalized spacial score (nSPS) is 13.9. The molecule has 0 aliphatic carbocycles. The van der Waals surface area contributed by atoms with E-state index in [2.05, 4.69) is 38.2 Å². The standard InChI is InChI=1S/C45H55NO8/c1-5-8-11-33-14-21-38(22-15-33)50-31-37(47)30-46-32(4)28-36-20-27-41-42(29-36)54-45(53-41,43(48)51-39-23-16-34(17-24-39)12-9-6-2)44(49)52-40-25-18-35(19-26-40)13-10-7-3/h14-27,29,32,37,46-47H,5-13,28,30-31H2,1-4H3. The van der Waals surface area contributed by atoms with Crippen LogP contribution in [-0.4, -0.2) is 48.1 Å². The topological polar surface area (TPSA) is 113 Å². The fraction of sp³-hybridized carbons (Fsp3) is 0.422. The summed E-state index contributed by atoms with van der Waals surface area (Å²) in [7, 11) is 0. The molecule has 0 spiro atoms. The molecule has 5 rings (SSSR count). The lowest BCUT2D eigenvalue weighted by Crippen LogP contribution is -2.58. The van der Waals surface area contributed by atoms with Gasteiger partial charge in [-0.1, -0.05) is 82.5 Å². The molecule has 2 N–H and O–H groups in total. The minimum atomic E-state index is -2.52. The highest BCUT2D eigenvalue weighted by atomic mass is 16.8. The van der Waals surface area contributed by atoms with Gasteiger partial charge in [0.15, 0.2) is 11.5 Å². The number of hydrogen-bond acceptors (Lipinski definition) is 9. The van der Waals surface area contributed by atoms with Crippen LogP contribution in [0.3, 0.4) is 0 Å². The van der Waals surface area contributed by atoms with E-state index in [1.807, 2.05) is 49.4 Å². The van der Waals surface area contributed by atoms with Crippen molar-refractivity contribution in [1.29, 1.82) is 0 Å². The molecule has 9 heteroatoms. The van der Waals surface area contributed by atoms with E-state index < -0.39 is 23.8 Å². The van der Waals surface area contributed by atoms with Crippen molar-refractivity contribution in [3.05, 3.63) is 113 Å². The summed E-state index contributed by atoms with van der Waals surface area (Å²) in [4.78, 5) is 27.7. The number of aryl methyl sites for hydroxylation is 3. The Balaban J connectivity index is 1.22. The first-order valence-electron chi connectivity index (χ1n) is 19.5. The highest BCUT2D eigenvalue weighted by Crippen LogP contribution is 2.42. The van der Waals surface area contributed by atoms with Gasteiger partial charge in [0.1, 0.15) is 30.0 Å². The minimum Gasteiger partial charge on any atom is -0.491 e. The molecule has 0 saturated heterocycles. The summed E-state index contributed by atoms with van der Waals surface area (Å²) in [5, 5.41) is 13.9. The lowest BCUT2D eigenvalue weighted by Gasteiger charge is -2.23. The van der Waals surface area contributed by atoms with Gasteiger partial charge in [0.05, 0.1) is 0 Å². The second-order valence-corrected chi connectivity index (χ2v) is 14.1. The van der Waals surface area contributed by atoms with Gasteiger partial charge in [0.25, 0.3) is 0 Å². The predicted molar refractivity (Wildman–Crippen MR) is 210 cm³/mol. The van der Waals surface area contributed by atoms with E-state index >= 15 is 0 Å². The summed E-state index contributed by atoms with van der Waals surface area (Å²) in [6, 6.07) is 27.6. The van der Waals surface area contributed by atoms with Gasteiger partial charge in [-0.05, 0) is 123 Å². The third-order valence-corrected chi connectivity index (χ3v) is 9.39. The van der Waals surface area contributed by atoms with Crippen LogP contribution in [0.4, 0.5) is 0 Å². The number of unbranched alkanes of at least 4 members (excludes halogenated alkanes) is 3. The van der Waals surface area contributed by atoms with Crippen LogP contribution in [0.1, 0.15) is 88.5 Å². The fourth-order valence-corrected chi connectivity index (χ4v) is 6.13. The first kappa shape index (κ1) is 40.3. The Bertz CT molecular complexity index is 1710. The van der Waals surface area contributed by atoms with Crippen LogP contribution in [-0.2, 0) is 35.3 Å². The number of ether oxygens (including phenoxy) is 5. The maximum Gasteiger partial charge on any atom is 0.454 e. The van der Waals surface area contributed by atoms with Crippen molar-refractivity contribution in [3.8, 4) is 28.7 Å². The largest absolute Gasteiger partial charge is 0.491 e. The Hall–Kier alpha value is -4.86. The molecule has 0 fully saturated rings. The zero-order chi connectivity index (χ0) is 38.3. The number of carbonyl (C=O) groups is 2. The fourth-order valence-electron chi connectivity index (χ4n) is 6.13. The SMILES string of the molecule is CCCCc1ccc(OCC(O)CNC(C)Cc2ccc3c(c2)OC(C(=O)Oc2ccc(CCCC)cc2)(C(=O)Oc2ccc(CCCC)cc2)O3)cc1. The van der Waals surface area contributed by atoms with Crippen LogP contribution in [0.25, 0.3) is 0 Å². The van der Waals surface area contributed by atoms with Crippen LogP contribution >= 0.6 is 0 Å². The van der Waals surface area contributed by atoms with Crippen molar-refractivity contribution in [2.45, 2.75) is 110 Å². The summed E-state index contributed by atoms with van der Waals surface area (Å²) in [6.45, 7) is 8.95. The van der Waals surface area contributed by atoms with Crippen LogP contribution < -0.4 is 29.0 Å². The van der Waals surface area contributed by atoms with Crippen LogP contribution in [0.5, 0.6) is 28.7 Å². The number of nitrogens with one attached hydrogen (secondary N) is 1.